The lowest BCUT2D eigenvalue weighted by Crippen LogP contribution is -2.18. The minimum atomic E-state index is -0.144. The lowest BCUT2D eigenvalue weighted by molar-refractivity contribution is 0.152. The maximum atomic E-state index is 9.44. The quantitative estimate of drug-likeness (QED) is 0.774. The third-order valence-electron chi connectivity index (χ3n) is 3.19. The first-order valence-electron chi connectivity index (χ1n) is 6.00. The summed E-state index contributed by atoms with van der Waals surface area (Å²) in [5.41, 5.74) is 8.97. The van der Waals surface area contributed by atoms with Crippen molar-refractivity contribution in [2.24, 2.45) is 4.99 Å². The molecule has 3 nitrogen and oxygen atoms in total. The van der Waals surface area contributed by atoms with Crippen LogP contribution in [0.25, 0.3) is 0 Å². The van der Waals surface area contributed by atoms with E-state index < -0.39 is 0 Å². The van der Waals surface area contributed by atoms with Gasteiger partial charge < -0.3 is 10.8 Å². The molecule has 3 N–H and O–H groups in total. The van der Waals surface area contributed by atoms with Crippen LogP contribution in [0.1, 0.15) is 31.2 Å². The minimum Gasteiger partial charge on any atom is -0.398 e. The summed E-state index contributed by atoms with van der Waals surface area (Å²) in [7, 11) is 0. The summed E-state index contributed by atoms with van der Waals surface area (Å²) >= 11 is 6.89. The average molecular weight is 376 g/mol. The predicted octanol–water partition coefficient (Wildman–Crippen LogP) is 3.67. The zero-order valence-electron chi connectivity index (χ0n) is 10.00. The van der Waals surface area contributed by atoms with Gasteiger partial charge in [0, 0.05) is 14.7 Å². The Bertz CT molecular complexity index is 464. The summed E-state index contributed by atoms with van der Waals surface area (Å²) in [6, 6.07) is 3.94. The van der Waals surface area contributed by atoms with Crippen LogP contribution in [0.3, 0.4) is 0 Å². The molecule has 0 atom stereocenters. The summed E-state index contributed by atoms with van der Waals surface area (Å²) in [4.78, 5) is 4.61. The molecule has 0 amide bonds. The van der Waals surface area contributed by atoms with E-state index in [2.05, 4.69) is 36.9 Å². The molecule has 1 aromatic rings. The van der Waals surface area contributed by atoms with Gasteiger partial charge >= 0.3 is 0 Å². The third-order valence-corrected chi connectivity index (χ3v) is 4.30. The van der Waals surface area contributed by atoms with Crippen molar-refractivity contribution in [3.05, 3.63) is 26.6 Å². The lowest BCUT2D eigenvalue weighted by Gasteiger charge is -2.18. The summed E-state index contributed by atoms with van der Waals surface area (Å²) < 4.78 is 1.89. The second kappa shape index (κ2) is 6.17. The van der Waals surface area contributed by atoms with E-state index in [0.29, 0.717) is 6.54 Å². The molecule has 1 aromatic carbocycles. The van der Waals surface area contributed by atoms with Crippen molar-refractivity contribution in [2.45, 2.75) is 38.3 Å². The fraction of sp³-hybridized carbons (Fsp3) is 0.462. The van der Waals surface area contributed by atoms with Crippen LogP contribution < -0.4 is 5.73 Å². The van der Waals surface area contributed by atoms with E-state index in [0.717, 1.165) is 45.9 Å². The molecule has 0 unspecified atom stereocenters. The molecular formula is C13H16Br2N2O. The molecule has 2 rings (SSSR count). The Morgan fingerprint density at radius 1 is 1.28 bits per heavy atom. The van der Waals surface area contributed by atoms with Gasteiger partial charge in [-0.05, 0) is 59.3 Å². The second-order valence-electron chi connectivity index (χ2n) is 4.57. The van der Waals surface area contributed by atoms with Gasteiger partial charge in [0.05, 0.1) is 18.3 Å². The van der Waals surface area contributed by atoms with Gasteiger partial charge in [0.1, 0.15) is 0 Å². The number of nitrogen functional groups attached to an aromatic ring is 1. The van der Waals surface area contributed by atoms with Crippen LogP contribution in [0.15, 0.2) is 26.1 Å². The lowest BCUT2D eigenvalue weighted by atomic mass is 9.96. The monoisotopic (exact) mass is 374 g/mol. The van der Waals surface area contributed by atoms with Gasteiger partial charge in [-0.3, -0.25) is 4.99 Å². The highest BCUT2D eigenvalue weighted by molar-refractivity contribution is 9.11. The molecule has 0 heterocycles. The highest BCUT2D eigenvalue weighted by Crippen LogP contribution is 2.29. The first kappa shape index (κ1) is 14.0. The number of rotatable bonds is 2. The van der Waals surface area contributed by atoms with Crippen LogP contribution in [0.2, 0.25) is 0 Å². The number of aliphatic hydroxyl groups is 1. The Morgan fingerprint density at radius 2 is 1.94 bits per heavy atom. The number of nitrogens with zero attached hydrogens (tertiary/aromatic N) is 1. The van der Waals surface area contributed by atoms with Crippen molar-refractivity contribution >= 4 is 43.3 Å². The molecule has 1 aliphatic rings. The average Bonchev–Trinajstić information content (AvgIpc) is 2.34. The number of halogens is 2. The predicted molar refractivity (Wildman–Crippen MR) is 81.9 cm³/mol. The van der Waals surface area contributed by atoms with Crippen LogP contribution in [-0.2, 0) is 6.54 Å². The molecule has 18 heavy (non-hydrogen) atoms. The molecule has 0 radical (unpaired) electrons. The van der Waals surface area contributed by atoms with Gasteiger partial charge in [-0.2, -0.15) is 0 Å². The molecule has 0 saturated heterocycles. The van der Waals surface area contributed by atoms with Gasteiger partial charge in [-0.15, -0.1) is 0 Å². The van der Waals surface area contributed by atoms with Gasteiger partial charge in [0.25, 0.3) is 0 Å². The van der Waals surface area contributed by atoms with Gasteiger partial charge in [-0.1, -0.05) is 15.9 Å². The Balaban J connectivity index is 2.08. The Hall–Kier alpha value is -0.390. The fourth-order valence-electron chi connectivity index (χ4n) is 2.06. The maximum Gasteiger partial charge on any atom is 0.0660 e. The normalized spacial score (nSPS) is 19.9. The fourth-order valence-corrected chi connectivity index (χ4v) is 3.37. The number of nitrogens with two attached hydrogens (primary N) is 1. The molecule has 1 saturated carbocycles. The Labute approximate surface area is 124 Å². The van der Waals surface area contributed by atoms with Gasteiger partial charge in [0.15, 0.2) is 0 Å². The molecule has 1 fully saturated rings. The topological polar surface area (TPSA) is 58.6 Å². The zero-order chi connectivity index (χ0) is 13.1. The first-order valence-corrected chi connectivity index (χ1v) is 7.58. The molecule has 98 valence electrons. The standard InChI is InChI=1S/C13H16Br2N2O/c14-9-5-8(13(16)12(15)6-9)7-17-10-1-3-11(18)4-2-10/h5-6,11,18H,1-4,7,16H2. The van der Waals surface area contributed by atoms with Crippen LogP contribution in [-0.4, -0.2) is 16.9 Å². The van der Waals surface area contributed by atoms with Crippen LogP contribution in [0.4, 0.5) is 5.69 Å². The summed E-state index contributed by atoms with van der Waals surface area (Å²) in [5, 5.41) is 9.44. The van der Waals surface area contributed by atoms with E-state index in [1.54, 1.807) is 0 Å². The van der Waals surface area contributed by atoms with Crippen molar-refractivity contribution in [1.82, 2.24) is 0 Å². The number of hydrogen-bond acceptors (Lipinski definition) is 3. The largest absolute Gasteiger partial charge is 0.398 e. The van der Waals surface area contributed by atoms with Gasteiger partial charge in [-0.25, -0.2) is 0 Å². The second-order valence-corrected chi connectivity index (χ2v) is 6.34. The Kier molecular flexibility index (Phi) is 4.81. The first-order chi connectivity index (χ1) is 8.56. The zero-order valence-corrected chi connectivity index (χ0v) is 13.2. The van der Waals surface area contributed by atoms with Crippen molar-refractivity contribution in [2.75, 3.05) is 5.73 Å². The summed E-state index contributed by atoms with van der Waals surface area (Å²) in [6.45, 7) is 0.606. The van der Waals surface area contributed by atoms with E-state index in [-0.39, 0.29) is 6.10 Å². The molecular weight excluding hydrogens is 360 g/mol. The molecule has 1 aliphatic carbocycles. The van der Waals surface area contributed by atoms with Crippen LogP contribution in [0, 0.1) is 0 Å². The summed E-state index contributed by atoms with van der Waals surface area (Å²) in [6.07, 6.45) is 3.31. The molecule has 0 bridgehead atoms. The number of hydrogen-bond donors (Lipinski definition) is 2. The third kappa shape index (κ3) is 3.56. The van der Waals surface area contributed by atoms with Gasteiger partial charge in [0.2, 0.25) is 0 Å². The smallest absolute Gasteiger partial charge is 0.0660 e. The van der Waals surface area contributed by atoms with E-state index in [4.69, 9.17) is 5.73 Å². The number of aliphatic imine (C=N–C) groups is 1. The van der Waals surface area contributed by atoms with Crippen LogP contribution >= 0.6 is 31.9 Å². The van der Waals surface area contributed by atoms with E-state index in [1.165, 1.54) is 5.71 Å². The number of aliphatic hydroxyl groups excluding tert-OH is 1. The SMILES string of the molecule is Nc1c(Br)cc(Br)cc1CN=C1CCC(O)CC1. The summed E-state index contributed by atoms with van der Waals surface area (Å²) in [5.74, 6) is 0. The molecule has 0 spiro atoms. The van der Waals surface area contributed by atoms with Crippen molar-refractivity contribution in [3.63, 3.8) is 0 Å². The molecule has 0 aromatic heterocycles. The Morgan fingerprint density at radius 3 is 2.61 bits per heavy atom. The minimum absolute atomic E-state index is 0.144. The highest BCUT2D eigenvalue weighted by atomic mass is 79.9. The molecule has 5 heteroatoms. The van der Waals surface area contributed by atoms with E-state index in [1.807, 2.05) is 12.1 Å². The number of benzene rings is 1. The van der Waals surface area contributed by atoms with Crippen molar-refractivity contribution in [1.29, 1.82) is 0 Å². The number of anilines is 1. The van der Waals surface area contributed by atoms with E-state index in [9.17, 15) is 5.11 Å². The highest BCUT2D eigenvalue weighted by Gasteiger charge is 2.14. The van der Waals surface area contributed by atoms with Crippen LogP contribution in [0.5, 0.6) is 0 Å². The molecule has 0 aliphatic heterocycles. The van der Waals surface area contributed by atoms with Crippen molar-refractivity contribution < 1.29 is 5.11 Å². The van der Waals surface area contributed by atoms with E-state index >= 15 is 0 Å². The maximum absolute atomic E-state index is 9.44. The van der Waals surface area contributed by atoms with Crippen molar-refractivity contribution in [3.8, 4) is 0 Å².